The number of aryl methyl sites for hydroxylation is 2. The van der Waals surface area contributed by atoms with E-state index in [-0.39, 0.29) is 30.2 Å². The Hall–Kier alpha value is -1.60. The van der Waals surface area contributed by atoms with Crippen LogP contribution in [0, 0.1) is 32.1 Å². The fourth-order valence-electron chi connectivity index (χ4n) is 3.78. The Kier molecular flexibility index (Phi) is 5.79. The van der Waals surface area contributed by atoms with E-state index in [2.05, 4.69) is 5.10 Å². The van der Waals surface area contributed by atoms with E-state index in [1.54, 1.807) is 4.90 Å². The molecule has 7 nitrogen and oxygen atoms in total. The van der Waals surface area contributed by atoms with Gasteiger partial charge in [0.2, 0.25) is 5.91 Å². The van der Waals surface area contributed by atoms with Gasteiger partial charge in [-0.15, -0.1) is 12.4 Å². The molecule has 25 heavy (non-hydrogen) atoms. The Morgan fingerprint density at radius 3 is 2.68 bits per heavy atom. The molecule has 0 unspecified atom stereocenters. The van der Waals surface area contributed by atoms with Crippen LogP contribution in [0.15, 0.2) is 0 Å². The maximum Gasteiger partial charge on any atom is 0.316 e. The molecular formula is C17H26ClN3O4. The van der Waals surface area contributed by atoms with Crippen LogP contribution in [0.1, 0.15) is 23.4 Å². The van der Waals surface area contributed by atoms with Crippen molar-refractivity contribution in [1.82, 2.24) is 14.7 Å². The Labute approximate surface area is 154 Å². The summed E-state index contributed by atoms with van der Waals surface area (Å²) >= 11 is 0. The number of esters is 1. The SMILES string of the molecule is COC(=O)[C@@]12COC[C@@H]1CN(C(=O)CCn1nc(C)c(C)c1C)C2.Cl. The molecule has 2 saturated heterocycles. The minimum Gasteiger partial charge on any atom is -0.468 e. The van der Waals surface area contributed by atoms with E-state index in [0.717, 1.165) is 11.4 Å². The standard InChI is InChI=1S/C17H25N3O4.ClH/c1-11-12(2)18-20(13(11)3)6-5-15(21)19-7-14-8-24-10-17(14,9-19)16(22)23-4;/h14H,5-10H2,1-4H3;1H/t14-,17-;/m0./s1. The highest BCUT2D eigenvalue weighted by molar-refractivity contribution is 5.85. The molecule has 2 atom stereocenters. The van der Waals surface area contributed by atoms with Crippen molar-refractivity contribution in [1.29, 1.82) is 0 Å². The van der Waals surface area contributed by atoms with Crippen molar-refractivity contribution >= 4 is 24.3 Å². The van der Waals surface area contributed by atoms with Crippen LogP contribution >= 0.6 is 12.4 Å². The van der Waals surface area contributed by atoms with Gasteiger partial charge in [0.1, 0.15) is 5.41 Å². The Balaban J connectivity index is 0.00000225. The predicted octanol–water partition coefficient (Wildman–Crippen LogP) is 1.27. The molecule has 0 spiro atoms. The van der Waals surface area contributed by atoms with Crippen LogP contribution in [-0.2, 0) is 25.6 Å². The molecule has 2 aliphatic rings. The molecule has 0 N–H and O–H groups in total. The molecule has 0 aromatic carbocycles. The number of ether oxygens (including phenoxy) is 2. The van der Waals surface area contributed by atoms with Crippen molar-refractivity contribution in [3.8, 4) is 0 Å². The average Bonchev–Trinajstić information content (AvgIpc) is 3.20. The van der Waals surface area contributed by atoms with Crippen molar-refractivity contribution < 1.29 is 19.1 Å². The number of carbonyl (C=O) groups excluding carboxylic acids is 2. The van der Waals surface area contributed by atoms with Gasteiger partial charge in [-0.05, 0) is 26.3 Å². The van der Waals surface area contributed by atoms with Gasteiger partial charge in [-0.2, -0.15) is 5.10 Å². The third kappa shape index (κ3) is 3.27. The first-order chi connectivity index (χ1) is 11.4. The number of hydrogen-bond donors (Lipinski definition) is 0. The van der Waals surface area contributed by atoms with E-state index in [1.807, 2.05) is 25.5 Å². The molecule has 8 heteroatoms. The molecular weight excluding hydrogens is 346 g/mol. The third-order valence-electron chi connectivity index (χ3n) is 5.60. The largest absolute Gasteiger partial charge is 0.468 e. The minimum atomic E-state index is -0.681. The fourth-order valence-corrected chi connectivity index (χ4v) is 3.78. The van der Waals surface area contributed by atoms with E-state index < -0.39 is 5.41 Å². The lowest BCUT2D eigenvalue weighted by Gasteiger charge is -2.23. The Bertz CT molecular complexity index is 675. The molecule has 1 amide bonds. The summed E-state index contributed by atoms with van der Waals surface area (Å²) in [6.07, 6.45) is 0.381. The molecule has 2 aliphatic heterocycles. The zero-order valence-electron chi connectivity index (χ0n) is 15.2. The quantitative estimate of drug-likeness (QED) is 0.745. The zero-order valence-corrected chi connectivity index (χ0v) is 16.0. The van der Waals surface area contributed by atoms with Gasteiger partial charge >= 0.3 is 5.97 Å². The third-order valence-corrected chi connectivity index (χ3v) is 5.60. The Morgan fingerprint density at radius 1 is 1.36 bits per heavy atom. The molecule has 2 fully saturated rings. The van der Waals surface area contributed by atoms with Crippen LogP contribution in [0.5, 0.6) is 0 Å². The normalized spacial score (nSPS) is 24.8. The van der Waals surface area contributed by atoms with Gasteiger partial charge in [-0.25, -0.2) is 0 Å². The predicted molar refractivity (Wildman–Crippen MR) is 93.6 cm³/mol. The Morgan fingerprint density at radius 2 is 2.08 bits per heavy atom. The van der Waals surface area contributed by atoms with Gasteiger partial charge in [-0.1, -0.05) is 0 Å². The van der Waals surface area contributed by atoms with Gasteiger partial charge in [0.15, 0.2) is 0 Å². The summed E-state index contributed by atoms with van der Waals surface area (Å²) in [6, 6.07) is 0. The summed E-state index contributed by atoms with van der Waals surface area (Å²) in [5.74, 6) is -0.183. The van der Waals surface area contributed by atoms with Gasteiger partial charge in [0.25, 0.3) is 0 Å². The smallest absolute Gasteiger partial charge is 0.316 e. The average molecular weight is 372 g/mol. The van der Waals surface area contributed by atoms with Crippen molar-refractivity contribution in [2.45, 2.75) is 33.7 Å². The van der Waals surface area contributed by atoms with E-state index in [4.69, 9.17) is 9.47 Å². The van der Waals surface area contributed by atoms with Crippen molar-refractivity contribution in [2.24, 2.45) is 11.3 Å². The topological polar surface area (TPSA) is 73.7 Å². The number of halogens is 1. The number of nitrogens with zero attached hydrogens (tertiary/aromatic N) is 3. The van der Waals surface area contributed by atoms with Gasteiger partial charge in [-0.3, -0.25) is 14.3 Å². The highest BCUT2D eigenvalue weighted by Gasteiger charge is 2.57. The highest BCUT2D eigenvalue weighted by atomic mass is 35.5. The second-order valence-electron chi connectivity index (χ2n) is 6.90. The van der Waals surface area contributed by atoms with E-state index in [0.29, 0.717) is 39.3 Å². The number of amides is 1. The van der Waals surface area contributed by atoms with Crippen LogP contribution in [0.2, 0.25) is 0 Å². The number of hydrogen-bond acceptors (Lipinski definition) is 5. The fraction of sp³-hybridized carbons (Fsp3) is 0.706. The van der Waals surface area contributed by atoms with Gasteiger partial charge in [0.05, 0.1) is 26.0 Å². The van der Waals surface area contributed by atoms with Gasteiger partial charge in [0, 0.05) is 37.7 Å². The van der Waals surface area contributed by atoms with E-state index >= 15 is 0 Å². The first-order valence-electron chi connectivity index (χ1n) is 8.33. The molecule has 0 aliphatic carbocycles. The molecule has 1 aromatic rings. The monoisotopic (exact) mass is 371 g/mol. The number of aromatic nitrogens is 2. The number of fused-ring (bicyclic) bond motifs is 1. The van der Waals surface area contributed by atoms with Crippen molar-refractivity contribution in [3.05, 3.63) is 17.0 Å². The lowest BCUT2D eigenvalue weighted by Crippen LogP contribution is -2.41. The summed E-state index contributed by atoms with van der Waals surface area (Å²) < 4.78 is 12.3. The first-order valence-corrected chi connectivity index (χ1v) is 8.33. The van der Waals surface area contributed by atoms with Crippen LogP contribution in [0.25, 0.3) is 0 Å². The van der Waals surface area contributed by atoms with Crippen LogP contribution in [0.4, 0.5) is 0 Å². The summed E-state index contributed by atoms with van der Waals surface area (Å²) in [5, 5.41) is 4.47. The molecule has 3 heterocycles. The van der Waals surface area contributed by atoms with Crippen molar-refractivity contribution in [3.63, 3.8) is 0 Å². The number of rotatable bonds is 4. The minimum absolute atomic E-state index is 0. The highest BCUT2D eigenvalue weighted by Crippen LogP contribution is 2.42. The molecule has 140 valence electrons. The number of methoxy groups -OCH3 is 1. The zero-order chi connectivity index (χ0) is 17.5. The first kappa shape index (κ1) is 19.7. The summed E-state index contributed by atoms with van der Waals surface area (Å²) in [5.41, 5.74) is 2.58. The lowest BCUT2D eigenvalue weighted by atomic mass is 9.81. The maximum absolute atomic E-state index is 12.6. The van der Waals surface area contributed by atoms with E-state index in [9.17, 15) is 9.59 Å². The molecule has 3 rings (SSSR count). The van der Waals surface area contributed by atoms with Crippen LogP contribution < -0.4 is 0 Å². The molecule has 0 saturated carbocycles. The molecule has 0 radical (unpaired) electrons. The number of carbonyl (C=O) groups is 2. The van der Waals surface area contributed by atoms with Crippen LogP contribution in [0.3, 0.4) is 0 Å². The number of likely N-dealkylation sites (tertiary alicyclic amines) is 1. The van der Waals surface area contributed by atoms with Crippen molar-refractivity contribution in [2.75, 3.05) is 33.4 Å². The van der Waals surface area contributed by atoms with Gasteiger partial charge < -0.3 is 14.4 Å². The summed E-state index contributed by atoms with van der Waals surface area (Å²) in [6.45, 7) is 8.38. The second-order valence-corrected chi connectivity index (χ2v) is 6.90. The molecule has 1 aromatic heterocycles. The maximum atomic E-state index is 12.6. The van der Waals surface area contributed by atoms with E-state index in [1.165, 1.54) is 12.7 Å². The lowest BCUT2D eigenvalue weighted by molar-refractivity contribution is -0.153. The molecule has 0 bridgehead atoms. The van der Waals surface area contributed by atoms with Crippen LogP contribution in [-0.4, -0.2) is 60.0 Å². The second kappa shape index (κ2) is 7.33. The summed E-state index contributed by atoms with van der Waals surface area (Å²) in [4.78, 5) is 26.6. The summed E-state index contributed by atoms with van der Waals surface area (Å²) in [7, 11) is 1.39.